The monoisotopic (exact) mass is 326 g/mol. The highest BCUT2D eigenvalue weighted by atomic mass is 127. The molecule has 0 aromatic rings. The molecule has 14 heavy (non-hydrogen) atoms. The topological polar surface area (TPSA) is 9.23 Å². The summed E-state index contributed by atoms with van der Waals surface area (Å²) in [7, 11) is -1.36. The fourth-order valence-corrected chi connectivity index (χ4v) is 2.87. The van der Waals surface area contributed by atoms with E-state index in [-0.39, 0.29) is 0 Å². The maximum atomic E-state index is 6.13. The summed E-state index contributed by atoms with van der Waals surface area (Å²) in [4.78, 5) is 0. The molecule has 3 heteroatoms. The molecule has 0 aliphatic rings. The van der Waals surface area contributed by atoms with E-state index in [1.807, 2.05) is 0 Å². The van der Waals surface area contributed by atoms with E-state index >= 15 is 0 Å². The smallest absolute Gasteiger partial charge is 0.184 e. The van der Waals surface area contributed by atoms with Gasteiger partial charge in [-0.15, -0.1) is 0 Å². The maximum absolute atomic E-state index is 6.13. The Bertz CT molecular complexity index is 163. The Morgan fingerprint density at radius 3 is 2.43 bits per heavy atom. The minimum absolute atomic E-state index is 0.452. The molecule has 1 atom stereocenters. The van der Waals surface area contributed by atoms with Gasteiger partial charge in [-0.2, -0.15) is 0 Å². The summed E-state index contributed by atoms with van der Waals surface area (Å²) in [6, 6.07) is 0. The summed E-state index contributed by atoms with van der Waals surface area (Å²) in [5.41, 5.74) is 0. The highest BCUT2D eigenvalue weighted by Gasteiger charge is 2.19. The van der Waals surface area contributed by atoms with Gasteiger partial charge in [-0.1, -0.05) is 48.4 Å². The fourth-order valence-electron chi connectivity index (χ4n) is 1.36. The van der Waals surface area contributed by atoms with Crippen LogP contribution < -0.4 is 0 Å². The van der Waals surface area contributed by atoms with Crippen molar-refractivity contribution in [3.05, 3.63) is 10.2 Å². The van der Waals surface area contributed by atoms with Crippen molar-refractivity contribution in [2.45, 2.75) is 58.4 Å². The fraction of sp³-hybridized carbons (Fsp3) is 0.818. The van der Waals surface area contributed by atoms with E-state index in [0.717, 1.165) is 6.42 Å². The second-order valence-corrected chi connectivity index (χ2v) is 9.77. The third-order valence-corrected chi connectivity index (χ3v) is 3.44. The maximum Gasteiger partial charge on any atom is 0.184 e. The van der Waals surface area contributed by atoms with Crippen LogP contribution in [0.4, 0.5) is 0 Å². The second-order valence-electron chi connectivity index (χ2n) is 4.59. The lowest BCUT2D eigenvalue weighted by Gasteiger charge is -2.25. The predicted molar refractivity (Wildman–Crippen MR) is 75.5 cm³/mol. The van der Waals surface area contributed by atoms with Crippen LogP contribution in [-0.4, -0.2) is 14.4 Å². The van der Waals surface area contributed by atoms with Crippen LogP contribution in [0.2, 0.25) is 19.6 Å². The lowest BCUT2D eigenvalue weighted by Crippen LogP contribution is -2.31. The third kappa shape index (κ3) is 9.21. The van der Waals surface area contributed by atoms with Crippen molar-refractivity contribution in [3.8, 4) is 0 Å². The normalized spacial score (nSPS) is 14.9. The van der Waals surface area contributed by atoms with Crippen molar-refractivity contribution in [1.29, 1.82) is 0 Å². The lowest BCUT2D eigenvalue weighted by molar-refractivity contribution is 0.183. The molecular formula is C11H23IOSi. The summed E-state index contributed by atoms with van der Waals surface area (Å²) in [6.07, 6.45) is 7.49. The molecule has 0 aromatic carbocycles. The van der Waals surface area contributed by atoms with Crippen molar-refractivity contribution >= 4 is 30.9 Å². The minimum Gasteiger partial charge on any atom is -0.414 e. The van der Waals surface area contributed by atoms with Crippen molar-refractivity contribution < 1.29 is 4.43 Å². The molecule has 84 valence electrons. The van der Waals surface area contributed by atoms with Gasteiger partial charge in [0.25, 0.3) is 0 Å². The standard InChI is InChI=1S/C11H23IOSi/c1-5-6-8-11(9-7-10-12)13-14(2,3)4/h7,10-11H,5-6,8-9H2,1-4H3/b10-7+. The first kappa shape index (κ1) is 14.6. The molecule has 0 N–H and O–H groups in total. The lowest BCUT2D eigenvalue weighted by atomic mass is 10.1. The summed E-state index contributed by atoms with van der Waals surface area (Å²) in [5.74, 6) is 0. The Morgan fingerprint density at radius 1 is 1.36 bits per heavy atom. The van der Waals surface area contributed by atoms with Gasteiger partial charge in [-0.3, -0.25) is 0 Å². The molecule has 0 heterocycles. The van der Waals surface area contributed by atoms with Gasteiger partial charge in [0, 0.05) is 6.10 Å². The molecule has 0 fully saturated rings. The molecular weight excluding hydrogens is 303 g/mol. The molecule has 0 aliphatic carbocycles. The Labute approximate surface area is 104 Å². The van der Waals surface area contributed by atoms with Crippen molar-refractivity contribution in [3.63, 3.8) is 0 Å². The summed E-state index contributed by atoms with van der Waals surface area (Å²) < 4.78 is 8.21. The first-order valence-corrected chi connectivity index (χ1v) is 10.1. The van der Waals surface area contributed by atoms with Gasteiger partial charge >= 0.3 is 0 Å². The van der Waals surface area contributed by atoms with Gasteiger partial charge in [-0.05, 0) is 36.6 Å². The summed E-state index contributed by atoms with van der Waals surface area (Å²) in [5, 5.41) is 0. The van der Waals surface area contributed by atoms with Crippen LogP contribution in [0, 0.1) is 0 Å². The highest BCUT2D eigenvalue weighted by molar-refractivity contribution is 14.1. The van der Waals surface area contributed by atoms with Crippen LogP contribution >= 0.6 is 22.6 Å². The Balaban J connectivity index is 3.96. The van der Waals surface area contributed by atoms with Crippen LogP contribution in [-0.2, 0) is 4.43 Å². The van der Waals surface area contributed by atoms with E-state index in [1.54, 1.807) is 0 Å². The number of unbranched alkanes of at least 4 members (excludes halogenated alkanes) is 1. The van der Waals surface area contributed by atoms with E-state index in [2.05, 4.69) is 59.3 Å². The van der Waals surface area contributed by atoms with Crippen LogP contribution in [0.25, 0.3) is 0 Å². The molecule has 0 amide bonds. The first-order chi connectivity index (χ1) is 6.49. The Kier molecular flexibility index (Phi) is 8.24. The Morgan fingerprint density at radius 2 is 2.00 bits per heavy atom. The quantitative estimate of drug-likeness (QED) is 0.485. The van der Waals surface area contributed by atoms with Gasteiger partial charge in [0.1, 0.15) is 0 Å². The van der Waals surface area contributed by atoms with Gasteiger partial charge < -0.3 is 4.43 Å². The number of hydrogen-bond donors (Lipinski definition) is 0. The molecule has 0 saturated carbocycles. The highest BCUT2D eigenvalue weighted by Crippen LogP contribution is 2.16. The summed E-state index contributed by atoms with van der Waals surface area (Å²) >= 11 is 2.27. The van der Waals surface area contributed by atoms with Gasteiger partial charge in [0.2, 0.25) is 0 Å². The van der Waals surface area contributed by atoms with E-state index < -0.39 is 8.32 Å². The second kappa shape index (κ2) is 7.88. The number of hydrogen-bond acceptors (Lipinski definition) is 1. The molecule has 1 unspecified atom stereocenters. The van der Waals surface area contributed by atoms with Crippen LogP contribution in [0.3, 0.4) is 0 Å². The van der Waals surface area contributed by atoms with Gasteiger partial charge in [-0.25, -0.2) is 0 Å². The largest absolute Gasteiger partial charge is 0.414 e. The number of halogens is 1. The van der Waals surface area contributed by atoms with E-state index in [4.69, 9.17) is 4.43 Å². The zero-order chi connectivity index (χ0) is 11.0. The SMILES string of the molecule is CCCCC(C/C=C/I)O[Si](C)(C)C. The third-order valence-electron chi connectivity index (χ3n) is 1.89. The summed E-state index contributed by atoms with van der Waals surface area (Å²) in [6.45, 7) is 9.03. The van der Waals surface area contributed by atoms with Crippen LogP contribution in [0.5, 0.6) is 0 Å². The average Bonchev–Trinajstić information content (AvgIpc) is 2.07. The van der Waals surface area contributed by atoms with E-state index in [9.17, 15) is 0 Å². The molecule has 0 radical (unpaired) electrons. The van der Waals surface area contributed by atoms with Crippen molar-refractivity contribution in [2.24, 2.45) is 0 Å². The number of rotatable bonds is 7. The van der Waals surface area contributed by atoms with E-state index in [1.165, 1.54) is 19.3 Å². The molecule has 0 aromatic heterocycles. The molecule has 1 nitrogen and oxygen atoms in total. The molecule has 0 bridgehead atoms. The van der Waals surface area contributed by atoms with Crippen molar-refractivity contribution in [1.82, 2.24) is 0 Å². The zero-order valence-electron chi connectivity index (χ0n) is 9.85. The first-order valence-electron chi connectivity index (χ1n) is 5.42. The predicted octanol–water partition coefficient (Wildman–Crippen LogP) is 4.74. The average molecular weight is 326 g/mol. The molecule has 0 saturated heterocycles. The molecule has 0 rings (SSSR count). The van der Waals surface area contributed by atoms with E-state index in [0.29, 0.717) is 6.10 Å². The van der Waals surface area contributed by atoms with Crippen molar-refractivity contribution in [2.75, 3.05) is 0 Å². The minimum atomic E-state index is -1.36. The van der Waals surface area contributed by atoms with Crippen LogP contribution in [0.15, 0.2) is 10.2 Å². The van der Waals surface area contributed by atoms with Gasteiger partial charge in [0.15, 0.2) is 8.32 Å². The Hall–Kier alpha value is 0.647. The van der Waals surface area contributed by atoms with Crippen LogP contribution in [0.1, 0.15) is 32.6 Å². The molecule has 0 aliphatic heterocycles. The van der Waals surface area contributed by atoms with Gasteiger partial charge in [0.05, 0.1) is 0 Å². The zero-order valence-corrected chi connectivity index (χ0v) is 13.0. The molecule has 0 spiro atoms.